The van der Waals surface area contributed by atoms with Crippen molar-refractivity contribution in [3.8, 4) is 0 Å². The molecule has 0 spiro atoms. The Morgan fingerprint density at radius 3 is 2.62 bits per heavy atom. The molecule has 1 rings (SSSR count). The molecule has 0 aliphatic carbocycles. The van der Waals surface area contributed by atoms with Crippen LogP contribution in [0.5, 0.6) is 0 Å². The molecule has 4 nitrogen and oxygen atoms in total. The molecule has 0 radical (unpaired) electrons. The molecule has 94 valence electrons. The van der Waals surface area contributed by atoms with Crippen LogP contribution >= 0.6 is 0 Å². The molecule has 4 heteroatoms. The highest BCUT2D eigenvalue weighted by atomic mass is 16.1. The molecule has 0 bridgehead atoms. The van der Waals surface area contributed by atoms with Gasteiger partial charge in [-0.05, 0) is 33.0 Å². The molecule has 2 N–H and O–H groups in total. The van der Waals surface area contributed by atoms with Crippen molar-refractivity contribution in [1.29, 1.82) is 0 Å². The molecule has 1 aliphatic rings. The van der Waals surface area contributed by atoms with Crippen LogP contribution in [0, 0.1) is 5.92 Å². The summed E-state index contributed by atoms with van der Waals surface area (Å²) >= 11 is 0. The van der Waals surface area contributed by atoms with Crippen LogP contribution in [0.2, 0.25) is 0 Å². The molecular weight excluding hydrogens is 202 g/mol. The normalized spacial score (nSPS) is 25.0. The van der Waals surface area contributed by atoms with E-state index in [4.69, 9.17) is 0 Å². The number of hydrogen-bond acceptors (Lipinski definition) is 3. The minimum atomic E-state index is 0.164. The van der Waals surface area contributed by atoms with Gasteiger partial charge in [-0.3, -0.25) is 4.79 Å². The second kappa shape index (κ2) is 6.86. The van der Waals surface area contributed by atoms with Crippen LogP contribution in [0.15, 0.2) is 0 Å². The van der Waals surface area contributed by atoms with Gasteiger partial charge in [0.1, 0.15) is 0 Å². The van der Waals surface area contributed by atoms with E-state index in [-0.39, 0.29) is 11.8 Å². The van der Waals surface area contributed by atoms with Crippen molar-refractivity contribution in [2.45, 2.75) is 33.2 Å². The minimum absolute atomic E-state index is 0.164. The lowest BCUT2D eigenvalue weighted by atomic mass is 10.0. The van der Waals surface area contributed by atoms with E-state index in [0.29, 0.717) is 6.04 Å². The largest absolute Gasteiger partial charge is 0.355 e. The van der Waals surface area contributed by atoms with Crippen LogP contribution in [0.1, 0.15) is 27.2 Å². The molecule has 1 saturated heterocycles. The van der Waals surface area contributed by atoms with E-state index in [1.807, 2.05) is 0 Å². The molecule has 2 unspecified atom stereocenters. The van der Waals surface area contributed by atoms with Crippen LogP contribution in [-0.2, 0) is 4.79 Å². The highest BCUT2D eigenvalue weighted by molar-refractivity contribution is 5.79. The van der Waals surface area contributed by atoms with Gasteiger partial charge < -0.3 is 15.5 Å². The molecule has 0 aromatic carbocycles. The van der Waals surface area contributed by atoms with E-state index in [2.05, 4.69) is 36.3 Å². The van der Waals surface area contributed by atoms with E-state index in [1.165, 1.54) is 0 Å². The van der Waals surface area contributed by atoms with Gasteiger partial charge in [-0.1, -0.05) is 13.8 Å². The number of carbonyl (C=O) groups excluding carboxylic acids is 1. The van der Waals surface area contributed by atoms with Crippen molar-refractivity contribution < 1.29 is 4.79 Å². The first-order valence-corrected chi connectivity index (χ1v) is 6.42. The van der Waals surface area contributed by atoms with Gasteiger partial charge in [0.15, 0.2) is 0 Å². The maximum atomic E-state index is 11.8. The summed E-state index contributed by atoms with van der Waals surface area (Å²) in [7, 11) is 0. The first-order valence-electron chi connectivity index (χ1n) is 6.42. The average molecular weight is 227 g/mol. The Bertz CT molecular complexity index is 216. The van der Waals surface area contributed by atoms with Crippen molar-refractivity contribution in [2.24, 2.45) is 5.92 Å². The fourth-order valence-electron chi connectivity index (χ4n) is 2.23. The zero-order valence-electron chi connectivity index (χ0n) is 10.8. The number of nitrogens with zero attached hydrogens (tertiary/aromatic N) is 1. The van der Waals surface area contributed by atoms with Gasteiger partial charge in [-0.25, -0.2) is 0 Å². The van der Waals surface area contributed by atoms with Crippen molar-refractivity contribution in [3.05, 3.63) is 0 Å². The highest BCUT2D eigenvalue weighted by Gasteiger charge is 2.28. The highest BCUT2D eigenvalue weighted by Crippen LogP contribution is 2.14. The van der Waals surface area contributed by atoms with E-state index in [9.17, 15) is 4.79 Å². The lowest BCUT2D eigenvalue weighted by Gasteiger charge is -2.19. The van der Waals surface area contributed by atoms with Crippen molar-refractivity contribution in [3.63, 3.8) is 0 Å². The number of nitrogens with one attached hydrogen (secondary N) is 2. The van der Waals surface area contributed by atoms with E-state index < -0.39 is 0 Å². The molecule has 0 aromatic rings. The summed E-state index contributed by atoms with van der Waals surface area (Å²) in [6, 6.07) is 0.327. The monoisotopic (exact) mass is 227 g/mol. The standard InChI is InChI=1S/C12H25N3O/c1-4-15(5-2)9-8-14-12(16)11-6-7-13-10(11)3/h10-11,13H,4-9H2,1-3H3,(H,14,16). The number of amides is 1. The molecule has 1 fully saturated rings. The Hall–Kier alpha value is -0.610. The van der Waals surface area contributed by atoms with Crippen molar-refractivity contribution in [2.75, 3.05) is 32.7 Å². The Labute approximate surface area is 98.8 Å². The third kappa shape index (κ3) is 3.76. The van der Waals surface area contributed by atoms with Gasteiger partial charge in [-0.15, -0.1) is 0 Å². The molecular formula is C12H25N3O. The summed E-state index contributed by atoms with van der Waals surface area (Å²) < 4.78 is 0. The fourth-order valence-corrected chi connectivity index (χ4v) is 2.23. The second-order valence-corrected chi connectivity index (χ2v) is 4.46. The molecule has 1 amide bonds. The molecule has 0 saturated carbocycles. The molecule has 0 aromatic heterocycles. The predicted octanol–water partition coefficient (Wildman–Crippen LogP) is 0.442. The second-order valence-electron chi connectivity index (χ2n) is 4.46. The number of hydrogen-bond donors (Lipinski definition) is 2. The van der Waals surface area contributed by atoms with Crippen molar-refractivity contribution >= 4 is 5.91 Å². The van der Waals surface area contributed by atoms with Crippen LogP contribution in [0.25, 0.3) is 0 Å². The van der Waals surface area contributed by atoms with Gasteiger partial charge in [0, 0.05) is 19.1 Å². The van der Waals surface area contributed by atoms with Crippen molar-refractivity contribution in [1.82, 2.24) is 15.5 Å². The third-order valence-corrected chi connectivity index (χ3v) is 3.48. The smallest absolute Gasteiger partial charge is 0.224 e. The Morgan fingerprint density at radius 1 is 1.44 bits per heavy atom. The maximum absolute atomic E-state index is 11.8. The maximum Gasteiger partial charge on any atom is 0.224 e. The predicted molar refractivity (Wildman–Crippen MR) is 66.4 cm³/mol. The first kappa shape index (κ1) is 13.5. The van der Waals surface area contributed by atoms with Crippen LogP contribution in [0.4, 0.5) is 0 Å². The Balaban J connectivity index is 2.19. The fraction of sp³-hybridized carbons (Fsp3) is 0.917. The minimum Gasteiger partial charge on any atom is -0.355 e. The summed E-state index contributed by atoms with van der Waals surface area (Å²) in [5.74, 6) is 0.376. The number of likely N-dealkylation sites (N-methyl/N-ethyl adjacent to an activating group) is 1. The van der Waals surface area contributed by atoms with E-state index in [0.717, 1.165) is 39.1 Å². The molecule has 1 heterocycles. The first-order chi connectivity index (χ1) is 7.69. The summed E-state index contributed by atoms with van der Waals surface area (Å²) in [5, 5.41) is 6.33. The van der Waals surface area contributed by atoms with Gasteiger partial charge >= 0.3 is 0 Å². The number of rotatable bonds is 6. The topological polar surface area (TPSA) is 44.4 Å². The lowest BCUT2D eigenvalue weighted by molar-refractivity contribution is -0.125. The summed E-state index contributed by atoms with van der Waals surface area (Å²) in [4.78, 5) is 14.2. The van der Waals surface area contributed by atoms with Gasteiger partial charge in [-0.2, -0.15) is 0 Å². The SMILES string of the molecule is CCN(CC)CCNC(=O)C1CCNC1C. The van der Waals surface area contributed by atoms with Gasteiger partial charge in [0.2, 0.25) is 5.91 Å². The number of carbonyl (C=O) groups is 1. The Kier molecular flexibility index (Phi) is 5.77. The summed E-state index contributed by atoms with van der Waals surface area (Å²) in [6.45, 7) is 11.2. The Morgan fingerprint density at radius 2 is 2.12 bits per heavy atom. The zero-order chi connectivity index (χ0) is 12.0. The molecule has 2 atom stereocenters. The summed E-state index contributed by atoms with van der Waals surface area (Å²) in [5.41, 5.74) is 0. The average Bonchev–Trinajstić information content (AvgIpc) is 2.70. The third-order valence-electron chi connectivity index (χ3n) is 3.48. The van der Waals surface area contributed by atoms with Crippen LogP contribution in [-0.4, -0.2) is 49.6 Å². The van der Waals surface area contributed by atoms with Gasteiger partial charge in [0.25, 0.3) is 0 Å². The van der Waals surface area contributed by atoms with Crippen LogP contribution in [0.3, 0.4) is 0 Å². The van der Waals surface area contributed by atoms with Crippen LogP contribution < -0.4 is 10.6 Å². The van der Waals surface area contributed by atoms with Gasteiger partial charge in [0.05, 0.1) is 5.92 Å². The quantitative estimate of drug-likeness (QED) is 0.692. The van der Waals surface area contributed by atoms with E-state index in [1.54, 1.807) is 0 Å². The zero-order valence-corrected chi connectivity index (χ0v) is 10.8. The lowest BCUT2D eigenvalue weighted by Crippen LogP contribution is -2.40. The summed E-state index contributed by atoms with van der Waals surface area (Å²) in [6.07, 6.45) is 0.971. The molecule has 16 heavy (non-hydrogen) atoms. The van der Waals surface area contributed by atoms with E-state index >= 15 is 0 Å². The molecule has 1 aliphatic heterocycles.